The van der Waals surface area contributed by atoms with E-state index in [1.807, 2.05) is 39.1 Å². The highest BCUT2D eigenvalue weighted by atomic mass is 32.1. The molecular weight excluding hydrogens is 284 g/mol. The zero-order valence-corrected chi connectivity index (χ0v) is 13.8. The van der Waals surface area contributed by atoms with Crippen LogP contribution >= 0.6 is 11.3 Å². The molecule has 1 aromatic carbocycles. The Morgan fingerprint density at radius 3 is 2.57 bits per heavy atom. The lowest BCUT2D eigenvalue weighted by atomic mass is 10.1. The molecular formula is C16H22N2O2S. The molecule has 114 valence electrons. The van der Waals surface area contributed by atoms with E-state index in [9.17, 15) is 0 Å². The Balaban J connectivity index is 2.31. The molecule has 0 aliphatic heterocycles. The number of nitrogens with zero attached hydrogens (tertiary/aromatic N) is 1. The predicted molar refractivity (Wildman–Crippen MR) is 87.4 cm³/mol. The van der Waals surface area contributed by atoms with Gasteiger partial charge in [0.25, 0.3) is 0 Å². The van der Waals surface area contributed by atoms with E-state index in [1.54, 1.807) is 11.3 Å². The molecule has 1 atom stereocenters. The minimum atomic E-state index is 0.262. The molecule has 1 unspecified atom stereocenters. The maximum absolute atomic E-state index is 5.67. The highest BCUT2D eigenvalue weighted by Gasteiger charge is 2.12. The summed E-state index contributed by atoms with van der Waals surface area (Å²) >= 11 is 1.67. The average Bonchev–Trinajstić information content (AvgIpc) is 2.98. The van der Waals surface area contributed by atoms with Gasteiger partial charge in [-0.25, -0.2) is 4.98 Å². The van der Waals surface area contributed by atoms with Crippen molar-refractivity contribution in [3.8, 4) is 22.8 Å². The van der Waals surface area contributed by atoms with Crippen molar-refractivity contribution in [1.29, 1.82) is 0 Å². The number of thiazole rings is 1. The Morgan fingerprint density at radius 2 is 1.90 bits per heavy atom. The van der Waals surface area contributed by atoms with Gasteiger partial charge in [0, 0.05) is 10.9 Å². The van der Waals surface area contributed by atoms with Gasteiger partial charge in [0.1, 0.15) is 5.01 Å². The highest BCUT2D eigenvalue weighted by Crippen LogP contribution is 2.34. The Labute approximate surface area is 130 Å². The van der Waals surface area contributed by atoms with Crippen LogP contribution in [0.4, 0.5) is 0 Å². The average molecular weight is 306 g/mol. The molecule has 0 saturated heterocycles. The van der Waals surface area contributed by atoms with Crippen LogP contribution in [0, 0.1) is 0 Å². The molecule has 0 aliphatic rings. The van der Waals surface area contributed by atoms with Gasteiger partial charge in [0.2, 0.25) is 0 Å². The summed E-state index contributed by atoms with van der Waals surface area (Å²) < 4.78 is 11.3. The van der Waals surface area contributed by atoms with E-state index in [0.29, 0.717) is 13.2 Å². The van der Waals surface area contributed by atoms with Gasteiger partial charge in [-0.3, -0.25) is 0 Å². The Kier molecular flexibility index (Phi) is 5.59. The summed E-state index contributed by atoms with van der Waals surface area (Å²) in [6, 6.07) is 6.23. The van der Waals surface area contributed by atoms with Gasteiger partial charge in [0.05, 0.1) is 24.9 Å². The predicted octanol–water partition coefficient (Wildman–Crippen LogP) is 3.89. The molecule has 0 radical (unpaired) electrons. The van der Waals surface area contributed by atoms with Gasteiger partial charge in [-0.15, -0.1) is 11.3 Å². The Bertz CT molecular complexity index is 583. The zero-order valence-electron chi connectivity index (χ0n) is 13.0. The van der Waals surface area contributed by atoms with Gasteiger partial charge in [0.15, 0.2) is 11.5 Å². The van der Waals surface area contributed by atoms with Crippen LogP contribution < -0.4 is 14.8 Å². The Hall–Kier alpha value is -1.59. The fourth-order valence-electron chi connectivity index (χ4n) is 1.95. The quantitative estimate of drug-likeness (QED) is 0.843. The van der Waals surface area contributed by atoms with Crippen molar-refractivity contribution in [2.75, 3.05) is 20.3 Å². The van der Waals surface area contributed by atoms with E-state index < -0.39 is 0 Å². The molecule has 2 aromatic rings. The summed E-state index contributed by atoms with van der Waals surface area (Å²) in [4.78, 5) is 4.69. The van der Waals surface area contributed by atoms with Crippen LogP contribution in [-0.2, 0) is 0 Å². The highest BCUT2D eigenvalue weighted by molar-refractivity contribution is 7.10. The van der Waals surface area contributed by atoms with Crippen LogP contribution in [0.2, 0.25) is 0 Å². The minimum Gasteiger partial charge on any atom is -0.490 e. The number of benzene rings is 1. The van der Waals surface area contributed by atoms with E-state index in [-0.39, 0.29) is 6.04 Å². The summed E-state index contributed by atoms with van der Waals surface area (Å²) in [6.45, 7) is 7.28. The first-order chi connectivity index (χ1) is 10.2. The second-order valence-corrected chi connectivity index (χ2v) is 5.50. The lowest BCUT2D eigenvalue weighted by Gasteiger charge is -2.11. The normalized spacial score (nSPS) is 12.2. The third kappa shape index (κ3) is 3.74. The lowest BCUT2D eigenvalue weighted by molar-refractivity contribution is 0.288. The summed E-state index contributed by atoms with van der Waals surface area (Å²) in [5.74, 6) is 1.55. The first kappa shape index (κ1) is 15.8. The number of rotatable bonds is 7. The van der Waals surface area contributed by atoms with Crippen LogP contribution in [0.5, 0.6) is 11.5 Å². The first-order valence-corrected chi connectivity index (χ1v) is 8.10. The van der Waals surface area contributed by atoms with Crippen LogP contribution in [-0.4, -0.2) is 25.2 Å². The largest absolute Gasteiger partial charge is 0.490 e. The molecule has 0 spiro atoms. The molecule has 1 heterocycles. The van der Waals surface area contributed by atoms with Crippen molar-refractivity contribution in [3.63, 3.8) is 0 Å². The third-order valence-corrected chi connectivity index (χ3v) is 4.19. The van der Waals surface area contributed by atoms with Crippen LogP contribution in [0.1, 0.15) is 31.8 Å². The molecule has 0 bridgehead atoms. The molecule has 0 amide bonds. The topological polar surface area (TPSA) is 43.4 Å². The van der Waals surface area contributed by atoms with Gasteiger partial charge in [-0.1, -0.05) is 0 Å². The second kappa shape index (κ2) is 7.43. The Morgan fingerprint density at radius 1 is 1.19 bits per heavy atom. The van der Waals surface area contributed by atoms with Crippen LogP contribution in [0.3, 0.4) is 0 Å². The van der Waals surface area contributed by atoms with Crippen molar-refractivity contribution >= 4 is 11.3 Å². The van der Waals surface area contributed by atoms with Crippen molar-refractivity contribution in [1.82, 2.24) is 10.3 Å². The van der Waals surface area contributed by atoms with E-state index >= 15 is 0 Å². The van der Waals surface area contributed by atoms with Crippen LogP contribution in [0.25, 0.3) is 11.3 Å². The molecule has 0 saturated carbocycles. The summed E-state index contributed by atoms with van der Waals surface area (Å²) in [6.07, 6.45) is 0. The van der Waals surface area contributed by atoms with Gasteiger partial charge in [-0.05, 0) is 46.0 Å². The van der Waals surface area contributed by atoms with Crippen LogP contribution in [0.15, 0.2) is 23.6 Å². The molecule has 1 N–H and O–H groups in total. The van der Waals surface area contributed by atoms with Gasteiger partial charge < -0.3 is 14.8 Å². The number of nitrogens with one attached hydrogen (secondary N) is 1. The van der Waals surface area contributed by atoms with E-state index in [2.05, 4.69) is 22.6 Å². The summed E-state index contributed by atoms with van der Waals surface area (Å²) in [5, 5.41) is 6.37. The number of aromatic nitrogens is 1. The van der Waals surface area contributed by atoms with Crippen molar-refractivity contribution < 1.29 is 9.47 Å². The second-order valence-electron chi connectivity index (χ2n) is 4.61. The van der Waals surface area contributed by atoms with E-state index in [1.165, 1.54) is 0 Å². The number of hydrogen-bond acceptors (Lipinski definition) is 5. The maximum atomic E-state index is 5.67. The standard InChI is InChI=1S/C16H22N2O2S/c1-5-19-14-8-7-12(9-15(14)20-6-2)13-10-21-16(18-13)11(3)17-4/h7-11,17H,5-6H2,1-4H3. The fraction of sp³-hybridized carbons (Fsp3) is 0.438. The monoisotopic (exact) mass is 306 g/mol. The van der Waals surface area contributed by atoms with Crippen molar-refractivity contribution in [2.24, 2.45) is 0 Å². The third-order valence-electron chi connectivity index (χ3n) is 3.16. The smallest absolute Gasteiger partial charge is 0.161 e. The molecule has 4 nitrogen and oxygen atoms in total. The fourth-order valence-corrected chi connectivity index (χ4v) is 2.85. The minimum absolute atomic E-state index is 0.262. The van der Waals surface area contributed by atoms with E-state index in [4.69, 9.17) is 9.47 Å². The molecule has 5 heteroatoms. The molecule has 21 heavy (non-hydrogen) atoms. The van der Waals surface area contributed by atoms with Gasteiger partial charge in [-0.2, -0.15) is 0 Å². The summed E-state index contributed by atoms with van der Waals surface area (Å²) in [7, 11) is 1.94. The molecule has 0 fully saturated rings. The summed E-state index contributed by atoms with van der Waals surface area (Å²) in [5.41, 5.74) is 2.02. The lowest BCUT2D eigenvalue weighted by Crippen LogP contribution is -2.11. The van der Waals surface area contributed by atoms with Crippen molar-refractivity contribution in [3.05, 3.63) is 28.6 Å². The number of ether oxygens (including phenoxy) is 2. The van der Waals surface area contributed by atoms with Gasteiger partial charge >= 0.3 is 0 Å². The SMILES string of the molecule is CCOc1ccc(-c2csc(C(C)NC)n2)cc1OCC. The molecule has 2 rings (SSSR count). The van der Waals surface area contributed by atoms with Crippen molar-refractivity contribution in [2.45, 2.75) is 26.8 Å². The molecule has 1 aromatic heterocycles. The van der Waals surface area contributed by atoms with E-state index in [0.717, 1.165) is 27.8 Å². The maximum Gasteiger partial charge on any atom is 0.161 e. The first-order valence-electron chi connectivity index (χ1n) is 7.22. The number of hydrogen-bond donors (Lipinski definition) is 1. The zero-order chi connectivity index (χ0) is 15.2. The molecule has 0 aliphatic carbocycles.